The SMILES string of the molecule is C=C(CNC)COC1CCC(C)C(C)C1. The fraction of sp³-hybridized carbons (Fsp3) is 0.846. The third kappa shape index (κ3) is 4.35. The van der Waals surface area contributed by atoms with Crippen LogP contribution in [-0.4, -0.2) is 26.3 Å². The Balaban J connectivity index is 2.19. The highest BCUT2D eigenvalue weighted by Crippen LogP contribution is 2.30. The van der Waals surface area contributed by atoms with Gasteiger partial charge in [-0.25, -0.2) is 0 Å². The van der Waals surface area contributed by atoms with Crippen LogP contribution in [0.4, 0.5) is 0 Å². The van der Waals surface area contributed by atoms with Crippen LogP contribution < -0.4 is 5.32 Å². The van der Waals surface area contributed by atoms with E-state index in [4.69, 9.17) is 4.74 Å². The molecule has 0 heterocycles. The monoisotopic (exact) mass is 211 g/mol. The van der Waals surface area contributed by atoms with E-state index in [1.165, 1.54) is 19.3 Å². The van der Waals surface area contributed by atoms with Gasteiger partial charge in [0.15, 0.2) is 0 Å². The normalized spacial score (nSPS) is 31.5. The van der Waals surface area contributed by atoms with Crippen molar-refractivity contribution in [3.05, 3.63) is 12.2 Å². The van der Waals surface area contributed by atoms with Crippen molar-refractivity contribution in [3.8, 4) is 0 Å². The van der Waals surface area contributed by atoms with Crippen molar-refractivity contribution >= 4 is 0 Å². The average Bonchev–Trinajstić information content (AvgIpc) is 2.20. The van der Waals surface area contributed by atoms with E-state index in [0.717, 1.165) is 24.0 Å². The molecule has 15 heavy (non-hydrogen) atoms. The maximum atomic E-state index is 5.88. The van der Waals surface area contributed by atoms with Gasteiger partial charge in [0.1, 0.15) is 0 Å². The third-order valence-corrected chi connectivity index (χ3v) is 3.50. The molecule has 0 amide bonds. The molecule has 0 aromatic carbocycles. The molecule has 0 spiro atoms. The lowest BCUT2D eigenvalue weighted by Crippen LogP contribution is -2.28. The van der Waals surface area contributed by atoms with E-state index in [1.807, 2.05) is 7.05 Å². The van der Waals surface area contributed by atoms with Gasteiger partial charge in [0.25, 0.3) is 0 Å². The minimum atomic E-state index is 0.463. The maximum absolute atomic E-state index is 5.88. The summed E-state index contributed by atoms with van der Waals surface area (Å²) in [5.74, 6) is 1.67. The third-order valence-electron chi connectivity index (χ3n) is 3.50. The fourth-order valence-electron chi connectivity index (χ4n) is 2.19. The van der Waals surface area contributed by atoms with Gasteiger partial charge in [0.05, 0.1) is 12.7 Å². The fourth-order valence-corrected chi connectivity index (χ4v) is 2.19. The smallest absolute Gasteiger partial charge is 0.0690 e. The lowest BCUT2D eigenvalue weighted by Gasteiger charge is -2.32. The highest BCUT2D eigenvalue weighted by Gasteiger charge is 2.24. The zero-order chi connectivity index (χ0) is 11.3. The molecule has 0 bridgehead atoms. The number of rotatable bonds is 5. The first-order chi connectivity index (χ1) is 7.13. The topological polar surface area (TPSA) is 21.3 Å². The minimum absolute atomic E-state index is 0.463. The van der Waals surface area contributed by atoms with E-state index in [1.54, 1.807) is 0 Å². The van der Waals surface area contributed by atoms with Gasteiger partial charge in [-0.2, -0.15) is 0 Å². The Morgan fingerprint density at radius 2 is 2.07 bits per heavy atom. The van der Waals surface area contributed by atoms with Crippen LogP contribution in [0.1, 0.15) is 33.1 Å². The van der Waals surface area contributed by atoms with Crippen LogP contribution >= 0.6 is 0 Å². The molecule has 0 radical (unpaired) electrons. The van der Waals surface area contributed by atoms with E-state index in [-0.39, 0.29) is 0 Å². The molecule has 2 nitrogen and oxygen atoms in total. The second kappa shape index (κ2) is 6.29. The number of nitrogens with one attached hydrogen (secondary N) is 1. The van der Waals surface area contributed by atoms with E-state index in [0.29, 0.717) is 12.7 Å². The molecule has 88 valence electrons. The molecule has 0 aromatic heterocycles. The highest BCUT2D eigenvalue weighted by atomic mass is 16.5. The van der Waals surface area contributed by atoms with E-state index in [9.17, 15) is 0 Å². The first-order valence-electron chi connectivity index (χ1n) is 6.06. The predicted molar refractivity (Wildman–Crippen MR) is 65.0 cm³/mol. The number of hydrogen-bond acceptors (Lipinski definition) is 2. The molecule has 0 aliphatic heterocycles. The molecule has 3 unspecified atom stereocenters. The lowest BCUT2D eigenvalue weighted by atomic mass is 9.80. The van der Waals surface area contributed by atoms with Crippen molar-refractivity contribution in [2.24, 2.45) is 11.8 Å². The van der Waals surface area contributed by atoms with Gasteiger partial charge in [-0.05, 0) is 43.7 Å². The predicted octanol–water partition coefficient (Wildman–Crippen LogP) is 2.60. The zero-order valence-corrected chi connectivity index (χ0v) is 10.4. The number of hydrogen-bond donors (Lipinski definition) is 1. The van der Waals surface area contributed by atoms with Crippen LogP contribution in [0.5, 0.6) is 0 Å². The summed E-state index contributed by atoms with van der Waals surface area (Å²) in [6, 6.07) is 0. The van der Waals surface area contributed by atoms with Crippen molar-refractivity contribution < 1.29 is 4.74 Å². The summed E-state index contributed by atoms with van der Waals surface area (Å²) in [6.45, 7) is 10.2. The van der Waals surface area contributed by atoms with Crippen LogP contribution in [0.15, 0.2) is 12.2 Å². The molecule has 1 fully saturated rings. The Hall–Kier alpha value is -0.340. The summed E-state index contributed by atoms with van der Waals surface area (Å²) in [7, 11) is 1.94. The molecule has 1 aliphatic rings. The zero-order valence-electron chi connectivity index (χ0n) is 10.4. The second-order valence-electron chi connectivity index (χ2n) is 4.98. The molecule has 1 saturated carbocycles. The van der Waals surface area contributed by atoms with E-state index < -0.39 is 0 Å². The Kier molecular flexibility index (Phi) is 5.34. The van der Waals surface area contributed by atoms with Crippen LogP contribution in [0.25, 0.3) is 0 Å². The van der Waals surface area contributed by atoms with Crippen LogP contribution in [0.3, 0.4) is 0 Å². The van der Waals surface area contributed by atoms with Gasteiger partial charge in [-0.3, -0.25) is 0 Å². The molecule has 1 aliphatic carbocycles. The first-order valence-corrected chi connectivity index (χ1v) is 6.06. The Morgan fingerprint density at radius 1 is 1.33 bits per heavy atom. The molecule has 1 N–H and O–H groups in total. The van der Waals surface area contributed by atoms with Gasteiger partial charge < -0.3 is 10.1 Å². The summed E-state index contributed by atoms with van der Waals surface area (Å²) in [6.07, 6.45) is 4.21. The first kappa shape index (κ1) is 12.7. The number of ether oxygens (including phenoxy) is 1. The molecular formula is C13H25NO. The average molecular weight is 211 g/mol. The molecule has 2 heteroatoms. The van der Waals surface area contributed by atoms with E-state index >= 15 is 0 Å². The largest absolute Gasteiger partial charge is 0.374 e. The van der Waals surface area contributed by atoms with Gasteiger partial charge in [0, 0.05) is 6.54 Å². The second-order valence-corrected chi connectivity index (χ2v) is 4.98. The van der Waals surface area contributed by atoms with Gasteiger partial charge in [-0.1, -0.05) is 20.4 Å². The Labute approximate surface area is 94.1 Å². The summed E-state index contributed by atoms with van der Waals surface area (Å²) in [5.41, 5.74) is 1.14. The summed E-state index contributed by atoms with van der Waals surface area (Å²) in [5, 5.41) is 3.09. The van der Waals surface area contributed by atoms with Gasteiger partial charge >= 0.3 is 0 Å². The van der Waals surface area contributed by atoms with Gasteiger partial charge in [-0.15, -0.1) is 0 Å². The number of likely N-dealkylation sites (N-methyl/N-ethyl adjacent to an activating group) is 1. The molecule has 0 aromatic rings. The van der Waals surface area contributed by atoms with Crippen molar-refractivity contribution in [2.45, 2.75) is 39.2 Å². The van der Waals surface area contributed by atoms with Crippen LogP contribution in [0, 0.1) is 11.8 Å². The summed E-state index contributed by atoms with van der Waals surface area (Å²) in [4.78, 5) is 0. The quantitative estimate of drug-likeness (QED) is 0.706. The van der Waals surface area contributed by atoms with Crippen LogP contribution in [0.2, 0.25) is 0 Å². The van der Waals surface area contributed by atoms with Gasteiger partial charge in [0.2, 0.25) is 0 Å². The molecular weight excluding hydrogens is 186 g/mol. The molecule has 0 saturated heterocycles. The Bertz CT molecular complexity index is 203. The van der Waals surface area contributed by atoms with Crippen molar-refractivity contribution in [2.75, 3.05) is 20.2 Å². The van der Waals surface area contributed by atoms with E-state index in [2.05, 4.69) is 25.7 Å². The lowest BCUT2D eigenvalue weighted by molar-refractivity contribution is 0.0138. The van der Waals surface area contributed by atoms with Crippen molar-refractivity contribution in [3.63, 3.8) is 0 Å². The molecule has 1 rings (SSSR count). The van der Waals surface area contributed by atoms with Crippen LogP contribution in [-0.2, 0) is 4.74 Å². The summed E-state index contributed by atoms with van der Waals surface area (Å²) >= 11 is 0. The standard InChI is InChI=1S/C13H25NO/c1-10(8-14-4)9-15-13-6-5-11(2)12(3)7-13/h11-14H,1,5-9H2,2-4H3. The summed E-state index contributed by atoms with van der Waals surface area (Å²) < 4.78 is 5.88. The van der Waals surface area contributed by atoms with Crippen molar-refractivity contribution in [1.82, 2.24) is 5.32 Å². The Morgan fingerprint density at radius 3 is 2.67 bits per heavy atom. The molecule has 3 atom stereocenters. The minimum Gasteiger partial charge on any atom is -0.374 e. The van der Waals surface area contributed by atoms with Crippen molar-refractivity contribution in [1.29, 1.82) is 0 Å². The highest BCUT2D eigenvalue weighted by molar-refractivity contribution is 4.96. The maximum Gasteiger partial charge on any atom is 0.0690 e.